The first-order valence-electron chi connectivity index (χ1n) is 18.8. The Labute approximate surface area is 329 Å². The normalized spacial score (nSPS) is 12.5. The summed E-state index contributed by atoms with van der Waals surface area (Å²) in [5.74, 6) is 0.850. The number of alkyl halides is 1. The molecule has 2 N–H and O–H groups in total. The van der Waals surface area contributed by atoms with E-state index in [0.717, 1.165) is 108 Å². The predicted molar refractivity (Wildman–Crippen MR) is 234 cm³/mol. The van der Waals surface area contributed by atoms with E-state index >= 15 is 0 Å². The molecule has 6 heteroatoms. The van der Waals surface area contributed by atoms with Gasteiger partial charge in [-0.15, -0.1) is 0 Å². The third kappa shape index (κ3) is 6.97. The van der Waals surface area contributed by atoms with Gasteiger partial charge in [0, 0.05) is 49.1 Å². The van der Waals surface area contributed by atoms with Gasteiger partial charge in [0.1, 0.15) is 5.75 Å². The maximum atomic E-state index is 6.14. The van der Waals surface area contributed by atoms with Crippen LogP contribution in [0.5, 0.6) is 5.75 Å². The van der Waals surface area contributed by atoms with Gasteiger partial charge in [0.2, 0.25) is 0 Å². The van der Waals surface area contributed by atoms with Crippen molar-refractivity contribution in [1.29, 1.82) is 0 Å². The molecule has 8 bridgehead atoms. The number of aromatic nitrogens is 4. The lowest BCUT2D eigenvalue weighted by Gasteiger charge is -2.10. The third-order valence-corrected chi connectivity index (χ3v) is 11.3. The minimum Gasteiger partial charge on any atom is -0.494 e. The zero-order valence-corrected chi connectivity index (χ0v) is 32.1. The van der Waals surface area contributed by atoms with E-state index in [-0.39, 0.29) is 0 Å². The Kier molecular flexibility index (Phi) is 9.57. The van der Waals surface area contributed by atoms with Gasteiger partial charge in [0.05, 0.1) is 29.4 Å². The van der Waals surface area contributed by atoms with Crippen molar-refractivity contribution >= 4 is 62.3 Å². The number of nitrogens with one attached hydrogen (secondary N) is 2. The Balaban J connectivity index is 1.36. The predicted octanol–water partition coefficient (Wildman–Crippen LogP) is 13.3. The molecule has 0 spiro atoms. The molecule has 0 amide bonds. The quantitative estimate of drug-likeness (QED) is 0.143. The molecule has 0 fully saturated rings. The number of benzene rings is 4. The lowest BCUT2D eigenvalue weighted by Crippen LogP contribution is -2.04. The van der Waals surface area contributed by atoms with Crippen LogP contribution in [-0.2, 0) is 0 Å². The maximum Gasteiger partial charge on any atom is 0.119 e. The highest BCUT2D eigenvalue weighted by Crippen LogP contribution is 2.38. The zero-order valence-electron chi connectivity index (χ0n) is 30.5. The number of H-pyrrole nitrogens is 2. The van der Waals surface area contributed by atoms with Crippen LogP contribution in [0.25, 0.3) is 90.9 Å². The van der Waals surface area contributed by atoms with E-state index < -0.39 is 0 Å². The minimum atomic E-state index is 0.451. The number of nitrogens with zero attached hydrogens (tertiary/aromatic N) is 2. The first-order valence-corrected chi connectivity index (χ1v) is 19.7. The Morgan fingerprint density at radius 3 is 1.16 bits per heavy atom. The number of ether oxygens (including phenoxy) is 1. The van der Waals surface area contributed by atoms with Crippen molar-refractivity contribution in [3.05, 3.63) is 162 Å². The van der Waals surface area contributed by atoms with Crippen LogP contribution in [0, 0.1) is 0 Å². The van der Waals surface area contributed by atoms with Gasteiger partial charge in [0.15, 0.2) is 0 Å². The standard InChI is InChI=1S/C49H39BrN4O/c1-2-36(50)30-31-55-37-20-18-35(19-21-37)49-44-28-26-42(53-44)47(33-14-8-4-9-15-33)40-24-22-38(51-40)46(32-12-6-3-7-13-32)39-23-25-41(52-39)48(34-16-10-5-11-17-34)43-27-29-45(49)54-43/h3-29,36,51,54H,2,30-31H2,1H3. The van der Waals surface area contributed by atoms with Crippen molar-refractivity contribution in [2.45, 2.75) is 24.6 Å². The molecule has 1 unspecified atom stereocenters. The Morgan fingerprint density at radius 1 is 0.473 bits per heavy atom. The highest BCUT2D eigenvalue weighted by molar-refractivity contribution is 9.09. The van der Waals surface area contributed by atoms with E-state index in [4.69, 9.17) is 14.7 Å². The molecule has 5 heterocycles. The SMILES string of the molecule is CCC(Br)CCOc1ccc(-c2c3nc(c(-c4ccccc4)c4ccc([nH]4)c(-c4ccccc4)c4nc(c(-c5ccccc5)c5ccc2[nH]5)C=C4)C=C3)cc1. The fourth-order valence-corrected chi connectivity index (χ4v) is 7.65. The average Bonchev–Trinajstić information content (AvgIpc) is 4.08. The van der Waals surface area contributed by atoms with Crippen molar-refractivity contribution in [3.8, 4) is 50.3 Å². The second kappa shape index (κ2) is 15.2. The summed E-state index contributed by atoms with van der Waals surface area (Å²) in [6.45, 7) is 2.84. The molecular formula is C49H39BrN4O. The van der Waals surface area contributed by atoms with Gasteiger partial charge >= 0.3 is 0 Å². The molecule has 0 radical (unpaired) electrons. The average molecular weight is 780 g/mol. The Morgan fingerprint density at radius 2 is 0.818 bits per heavy atom. The fourth-order valence-electron chi connectivity index (χ4n) is 7.46. The second-order valence-electron chi connectivity index (χ2n) is 13.8. The van der Waals surface area contributed by atoms with Gasteiger partial charge in [-0.2, -0.15) is 0 Å². The van der Waals surface area contributed by atoms with Crippen LogP contribution in [0.4, 0.5) is 0 Å². The van der Waals surface area contributed by atoms with Crippen molar-refractivity contribution in [2.24, 2.45) is 0 Å². The lowest BCUT2D eigenvalue weighted by molar-refractivity contribution is 0.309. The smallest absolute Gasteiger partial charge is 0.119 e. The summed E-state index contributed by atoms with van der Waals surface area (Å²) >= 11 is 3.73. The van der Waals surface area contributed by atoms with Crippen LogP contribution in [-0.4, -0.2) is 31.4 Å². The second-order valence-corrected chi connectivity index (χ2v) is 15.1. The highest BCUT2D eigenvalue weighted by atomic mass is 79.9. The van der Waals surface area contributed by atoms with E-state index in [1.54, 1.807) is 0 Å². The summed E-state index contributed by atoms with van der Waals surface area (Å²) < 4.78 is 6.14. The van der Waals surface area contributed by atoms with Crippen molar-refractivity contribution in [2.75, 3.05) is 6.61 Å². The van der Waals surface area contributed by atoms with Gasteiger partial charge in [-0.25, -0.2) is 9.97 Å². The molecule has 9 rings (SSSR count). The van der Waals surface area contributed by atoms with Crippen LogP contribution in [0.15, 0.2) is 140 Å². The van der Waals surface area contributed by atoms with Crippen LogP contribution < -0.4 is 4.74 Å². The molecule has 2 aliphatic rings. The summed E-state index contributed by atoms with van der Waals surface area (Å²) in [7, 11) is 0. The molecule has 0 saturated carbocycles. The zero-order chi connectivity index (χ0) is 37.1. The van der Waals surface area contributed by atoms with E-state index in [0.29, 0.717) is 11.4 Å². The minimum absolute atomic E-state index is 0.451. The molecule has 0 aliphatic carbocycles. The molecular weight excluding hydrogens is 740 g/mol. The molecule has 268 valence electrons. The number of hydrogen-bond donors (Lipinski definition) is 2. The molecule has 7 aromatic rings. The molecule has 1 atom stereocenters. The number of fused-ring (bicyclic) bond motifs is 8. The Bertz CT molecular complexity index is 2680. The largest absolute Gasteiger partial charge is 0.494 e. The van der Waals surface area contributed by atoms with Crippen LogP contribution in [0.2, 0.25) is 0 Å². The first kappa shape index (κ1) is 34.5. The number of halogens is 1. The van der Waals surface area contributed by atoms with Crippen molar-refractivity contribution in [1.82, 2.24) is 19.9 Å². The van der Waals surface area contributed by atoms with Gasteiger partial charge in [-0.3, -0.25) is 0 Å². The van der Waals surface area contributed by atoms with Crippen molar-refractivity contribution in [3.63, 3.8) is 0 Å². The van der Waals surface area contributed by atoms with E-state index in [1.807, 2.05) is 12.1 Å². The number of aromatic amines is 2. The molecule has 3 aromatic heterocycles. The molecule has 0 saturated heterocycles. The summed E-state index contributed by atoms with van der Waals surface area (Å²) in [6, 6.07) is 48.5. The van der Waals surface area contributed by atoms with Crippen molar-refractivity contribution < 1.29 is 4.74 Å². The monoisotopic (exact) mass is 778 g/mol. The summed E-state index contributed by atoms with van der Waals surface area (Å²) in [5.41, 5.74) is 15.8. The van der Waals surface area contributed by atoms with E-state index in [2.05, 4.69) is 185 Å². The molecule has 55 heavy (non-hydrogen) atoms. The topological polar surface area (TPSA) is 66.6 Å². The Hall–Kier alpha value is -6.24. The summed E-state index contributed by atoms with van der Waals surface area (Å²) in [5, 5.41) is 0. The van der Waals surface area contributed by atoms with Crippen LogP contribution in [0.1, 0.15) is 42.5 Å². The number of rotatable bonds is 9. The van der Waals surface area contributed by atoms with E-state index in [9.17, 15) is 0 Å². The molecule has 5 nitrogen and oxygen atoms in total. The maximum absolute atomic E-state index is 6.14. The molecule has 2 aliphatic heterocycles. The van der Waals surface area contributed by atoms with Crippen LogP contribution in [0.3, 0.4) is 0 Å². The number of hydrogen-bond acceptors (Lipinski definition) is 3. The summed E-state index contributed by atoms with van der Waals surface area (Å²) in [6.07, 6.45) is 10.6. The van der Waals surface area contributed by atoms with E-state index in [1.165, 1.54) is 0 Å². The van der Waals surface area contributed by atoms with Crippen LogP contribution >= 0.6 is 15.9 Å². The van der Waals surface area contributed by atoms with Gasteiger partial charge in [-0.05, 0) is 95.8 Å². The van der Waals surface area contributed by atoms with Gasteiger partial charge in [-0.1, -0.05) is 126 Å². The fraction of sp³-hybridized carbons (Fsp3) is 0.102. The lowest BCUT2D eigenvalue weighted by atomic mass is 10.0. The van der Waals surface area contributed by atoms with Gasteiger partial charge in [0.25, 0.3) is 0 Å². The first-order chi connectivity index (χ1) is 27.1. The third-order valence-electron chi connectivity index (χ3n) is 10.2. The summed E-state index contributed by atoms with van der Waals surface area (Å²) in [4.78, 5) is 18.9. The molecule has 4 aromatic carbocycles. The van der Waals surface area contributed by atoms with Gasteiger partial charge < -0.3 is 14.7 Å². The highest BCUT2D eigenvalue weighted by Gasteiger charge is 2.19.